The second-order valence-corrected chi connectivity index (χ2v) is 8.48. The Labute approximate surface area is 187 Å². The molecule has 0 spiro atoms. The van der Waals surface area contributed by atoms with Crippen molar-refractivity contribution < 1.29 is 14.1 Å². The van der Waals surface area contributed by atoms with Crippen LogP contribution in [0.25, 0.3) is 10.9 Å². The maximum absolute atomic E-state index is 13.1. The Kier molecular flexibility index (Phi) is 5.43. The number of fused-ring (bicyclic) bond motifs is 1. The number of rotatable bonds is 5. The van der Waals surface area contributed by atoms with E-state index in [9.17, 15) is 4.79 Å². The van der Waals surface area contributed by atoms with Gasteiger partial charge in [-0.2, -0.15) is 0 Å². The Morgan fingerprint density at radius 2 is 1.97 bits per heavy atom. The normalized spacial score (nSPS) is 14.8. The van der Waals surface area contributed by atoms with E-state index in [2.05, 4.69) is 40.6 Å². The summed E-state index contributed by atoms with van der Waals surface area (Å²) in [4.78, 5) is 18.5. The Bertz CT molecular complexity index is 1230. The van der Waals surface area contributed by atoms with Crippen LogP contribution in [0.5, 0.6) is 5.75 Å². The Morgan fingerprint density at radius 3 is 2.75 bits per heavy atom. The van der Waals surface area contributed by atoms with Crippen molar-refractivity contribution in [3.05, 3.63) is 82.9 Å². The van der Waals surface area contributed by atoms with Gasteiger partial charge in [-0.15, -0.1) is 0 Å². The van der Waals surface area contributed by atoms with E-state index in [1.807, 2.05) is 43.0 Å². The van der Waals surface area contributed by atoms with Gasteiger partial charge >= 0.3 is 0 Å². The second-order valence-electron chi connectivity index (χ2n) is 8.48. The maximum atomic E-state index is 13.1. The molecule has 3 heterocycles. The molecule has 6 heteroatoms. The molecule has 0 bridgehead atoms. The van der Waals surface area contributed by atoms with Crippen LogP contribution < -0.4 is 4.74 Å². The number of carbonyl (C=O) groups excluding carboxylic acids is 1. The van der Waals surface area contributed by atoms with E-state index in [0.29, 0.717) is 23.8 Å². The fraction of sp³-hybridized carbons (Fsp3) is 0.308. The second kappa shape index (κ2) is 8.54. The molecule has 6 nitrogen and oxygen atoms in total. The molecule has 164 valence electrons. The zero-order valence-corrected chi connectivity index (χ0v) is 18.4. The third-order valence-corrected chi connectivity index (χ3v) is 6.49. The van der Waals surface area contributed by atoms with Crippen LogP contribution in [0.2, 0.25) is 0 Å². The number of aryl methyl sites for hydroxylation is 2. The number of para-hydroxylation sites is 1. The fourth-order valence-electron chi connectivity index (χ4n) is 4.59. The molecule has 0 atom stereocenters. The van der Waals surface area contributed by atoms with E-state index < -0.39 is 0 Å². The third-order valence-electron chi connectivity index (χ3n) is 6.49. The lowest BCUT2D eigenvalue weighted by atomic mass is 9.89. The molecule has 5 rings (SSSR count). The van der Waals surface area contributed by atoms with E-state index >= 15 is 0 Å². The molecule has 1 amide bonds. The standard InChI is InChI=1S/C26H27N3O3/c1-17-24(18(2)32-28-17)16-31-21-7-5-6-20(14-21)26(30)29-12-10-19(11-13-29)23-15-27-25-9-4-3-8-22(23)25/h3-9,14-15,19,27H,10-13,16H2,1-2H3. The summed E-state index contributed by atoms with van der Waals surface area (Å²) in [6.07, 6.45) is 4.07. The Morgan fingerprint density at radius 1 is 1.16 bits per heavy atom. The van der Waals surface area contributed by atoms with Crippen LogP contribution in [0.1, 0.15) is 51.7 Å². The van der Waals surface area contributed by atoms with Crippen LogP contribution in [0.4, 0.5) is 0 Å². The number of hydrogen-bond donors (Lipinski definition) is 1. The number of ether oxygens (including phenoxy) is 1. The number of hydrogen-bond acceptors (Lipinski definition) is 4. The van der Waals surface area contributed by atoms with Gasteiger partial charge in [0.25, 0.3) is 5.91 Å². The van der Waals surface area contributed by atoms with Gasteiger partial charge in [-0.25, -0.2) is 0 Å². The van der Waals surface area contributed by atoms with Gasteiger partial charge in [0.2, 0.25) is 0 Å². The number of nitrogens with one attached hydrogen (secondary N) is 1. The smallest absolute Gasteiger partial charge is 0.253 e. The lowest BCUT2D eigenvalue weighted by molar-refractivity contribution is 0.0713. The number of piperidine rings is 1. The topological polar surface area (TPSA) is 71.4 Å². The number of carbonyl (C=O) groups is 1. The van der Waals surface area contributed by atoms with Gasteiger partial charge in [0, 0.05) is 35.8 Å². The van der Waals surface area contributed by atoms with Crippen molar-refractivity contribution in [3.63, 3.8) is 0 Å². The van der Waals surface area contributed by atoms with E-state index in [1.165, 1.54) is 16.5 Å². The van der Waals surface area contributed by atoms with Crippen molar-refractivity contribution in [1.29, 1.82) is 0 Å². The highest BCUT2D eigenvalue weighted by atomic mass is 16.5. The fourth-order valence-corrected chi connectivity index (χ4v) is 4.59. The molecular weight excluding hydrogens is 402 g/mol. The molecule has 1 fully saturated rings. The molecular formula is C26H27N3O3. The summed E-state index contributed by atoms with van der Waals surface area (Å²) in [7, 11) is 0. The molecule has 1 saturated heterocycles. The van der Waals surface area contributed by atoms with Crippen molar-refractivity contribution in [3.8, 4) is 5.75 Å². The number of aromatic amines is 1. The lowest BCUT2D eigenvalue weighted by Crippen LogP contribution is -2.37. The molecule has 0 saturated carbocycles. The molecule has 2 aromatic carbocycles. The maximum Gasteiger partial charge on any atom is 0.253 e. The summed E-state index contributed by atoms with van der Waals surface area (Å²) in [6, 6.07) is 15.8. The number of likely N-dealkylation sites (tertiary alicyclic amines) is 1. The highest BCUT2D eigenvalue weighted by Gasteiger charge is 2.26. The van der Waals surface area contributed by atoms with Crippen molar-refractivity contribution in [2.45, 2.75) is 39.2 Å². The van der Waals surface area contributed by atoms with E-state index in [0.717, 1.165) is 42.9 Å². The summed E-state index contributed by atoms with van der Waals surface area (Å²) in [5.41, 5.74) is 4.97. The number of nitrogens with zero attached hydrogens (tertiary/aromatic N) is 2. The number of benzene rings is 2. The molecule has 0 aliphatic carbocycles. The van der Waals surface area contributed by atoms with Crippen LogP contribution in [0.3, 0.4) is 0 Å². The molecule has 0 unspecified atom stereocenters. The first-order valence-electron chi connectivity index (χ1n) is 11.1. The van der Waals surface area contributed by atoms with Crippen LogP contribution in [0.15, 0.2) is 59.3 Å². The van der Waals surface area contributed by atoms with Gasteiger partial charge < -0.3 is 19.1 Å². The minimum absolute atomic E-state index is 0.0603. The number of H-pyrrole nitrogens is 1. The summed E-state index contributed by atoms with van der Waals surface area (Å²) < 4.78 is 11.1. The van der Waals surface area contributed by atoms with Gasteiger partial charge in [-0.3, -0.25) is 4.79 Å². The van der Waals surface area contributed by atoms with E-state index in [-0.39, 0.29) is 5.91 Å². The summed E-state index contributed by atoms with van der Waals surface area (Å²) in [6.45, 7) is 5.66. The Balaban J connectivity index is 1.23. The van der Waals surface area contributed by atoms with Crippen molar-refractivity contribution in [1.82, 2.24) is 15.0 Å². The predicted molar refractivity (Wildman–Crippen MR) is 123 cm³/mol. The van der Waals surface area contributed by atoms with Crippen molar-refractivity contribution >= 4 is 16.8 Å². The molecule has 1 N–H and O–H groups in total. The van der Waals surface area contributed by atoms with Gasteiger partial charge in [0.05, 0.1) is 11.3 Å². The van der Waals surface area contributed by atoms with Crippen molar-refractivity contribution in [2.24, 2.45) is 0 Å². The molecule has 0 radical (unpaired) electrons. The van der Waals surface area contributed by atoms with Crippen LogP contribution in [0, 0.1) is 13.8 Å². The molecule has 32 heavy (non-hydrogen) atoms. The largest absolute Gasteiger partial charge is 0.489 e. The monoisotopic (exact) mass is 429 g/mol. The molecule has 1 aliphatic heterocycles. The summed E-state index contributed by atoms with van der Waals surface area (Å²) in [5.74, 6) is 1.96. The first-order chi connectivity index (χ1) is 15.6. The highest BCUT2D eigenvalue weighted by molar-refractivity contribution is 5.94. The summed E-state index contributed by atoms with van der Waals surface area (Å²) in [5, 5.41) is 5.25. The number of aromatic nitrogens is 2. The minimum atomic E-state index is 0.0603. The van der Waals surface area contributed by atoms with Gasteiger partial charge in [0.15, 0.2) is 0 Å². The van der Waals surface area contributed by atoms with E-state index in [1.54, 1.807) is 0 Å². The van der Waals surface area contributed by atoms with Gasteiger partial charge in [-0.1, -0.05) is 29.4 Å². The first-order valence-corrected chi connectivity index (χ1v) is 11.1. The Hall–Kier alpha value is -3.54. The van der Waals surface area contributed by atoms with Crippen LogP contribution >= 0.6 is 0 Å². The SMILES string of the molecule is Cc1noc(C)c1COc1cccc(C(=O)N2CCC(c3c[nH]c4ccccc34)CC2)c1. The molecule has 4 aromatic rings. The van der Waals surface area contributed by atoms with Crippen molar-refractivity contribution in [2.75, 3.05) is 13.1 Å². The van der Waals surface area contributed by atoms with Crippen LogP contribution in [-0.4, -0.2) is 34.0 Å². The van der Waals surface area contributed by atoms with E-state index in [4.69, 9.17) is 9.26 Å². The average molecular weight is 430 g/mol. The highest BCUT2D eigenvalue weighted by Crippen LogP contribution is 2.33. The third kappa shape index (κ3) is 3.88. The van der Waals surface area contributed by atoms with Gasteiger partial charge in [-0.05, 0) is 62.4 Å². The molecule has 1 aliphatic rings. The predicted octanol–water partition coefficient (Wildman–Crippen LogP) is 5.37. The molecule has 2 aromatic heterocycles. The van der Waals surface area contributed by atoms with Crippen LogP contribution in [-0.2, 0) is 6.61 Å². The zero-order chi connectivity index (χ0) is 22.1. The minimum Gasteiger partial charge on any atom is -0.489 e. The lowest BCUT2D eigenvalue weighted by Gasteiger charge is -2.32. The average Bonchev–Trinajstić information content (AvgIpc) is 3.40. The summed E-state index contributed by atoms with van der Waals surface area (Å²) >= 11 is 0. The quantitative estimate of drug-likeness (QED) is 0.463. The zero-order valence-electron chi connectivity index (χ0n) is 18.4. The van der Waals surface area contributed by atoms with Gasteiger partial charge in [0.1, 0.15) is 18.1 Å². The first kappa shape index (κ1) is 20.4. The number of amides is 1.